The normalized spacial score (nSPS) is 17.2. The molecule has 2 heterocycles. The fourth-order valence-electron chi connectivity index (χ4n) is 1.75. The number of piperazine rings is 1. The molecule has 2 rings (SSSR count). The topological polar surface area (TPSA) is 96.4 Å². The molecular weight excluding hydrogens is 270 g/mol. The minimum absolute atomic E-state index is 0.0235. The van der Waals surface area contributed by atoms with Crippen LogP contribution in [0.2, 0.25) is 0 Å². The third kappa shape index (κ3) is 3.52. The molecule has 8 nitrogen and oxygen atoms in total. The lowest BCUT2D eigenvalue weighted by Crippen LogP contribution is -2.48. The summed E-state index contributed by atoms with van der Waals surface area (Å²) in [5, 5.41) is 3.09. The summed E-state index contributed by atoms with van der Waals surface area (Å²) < 4.78 is 33.0. The summed E-state index contributed by atoms with van der Waals surface area (Å²) in [5.74, 6) is 0.348. The Bertz CT molecular complexity index is 542. The van der Waals surface area contributed by atoms with E-state index in [4.69, 9.17) is 4.74 Å². The molecule has 0 saturated carbocycles. The summed E-state index contributed by atoms with van der Waals surface area (Å²) in [6.45, 7) is 3.88. The minimum atomic E-state index is -3.62. The van der Waals surface area contributed by atoms with Gasteiger partial charge in [0.2, 0.25) is 11.8 Å². The first kappa shape index (κ1) is 14.0. The van der Waals surface area contributed by atoms with Crippen LogP contribution in [0.1, 0.15) is 5.69 Å². The van der Waals surface area contributed by atoms with E-state index in [0.29, 0.717) is 37.8 Å². The number of nitrogens with zero attached hydrogens (tertiary/aromatic N) is 3. The van der Waals surface area contributed by atoms with Crippen LogP contribution in [-0.2, 0) is 10.2 Å². The second kappa shape index (κ2) is 5.68. The van der Waals surface area contributed by atoms with Crippen molar-refractivity contribution in [1.82, 2.24) is 19.6 Å². The van der Waals surface area contributed by atoms with E-state index in [-0.39, 0.29) is 5.95 Å². The summed E-state index contributed by atoms with van der Waals surface area (Å²) in [5.41, 5.74) is 0.630. The third-order valence-electron chi connectivity index (χ3n) is 2.68. The van der Waals surface area contributed by atoms with E-state index < -0.39 is 10.2 Å². The molecule has 1 fully saturated rings. The van der Waals surface area contributed by atoms with Crippen LogP contribution in [0, 0.1) is 6.92 Å². The van der Waals surface area contributed by atoms with E-state index in [1.807, 2.05) is 0 Å². The van der Waals surface area contributed by atoms with Gasteiger partial charge in [0.05, 0.1) is 7.11 Å². The highest BCUT2D eigenvalue weighted by Gasteiger charge is 2.24. The Hall–Kier alpha value is -1.45. The van der Waals surface area contributed by atoms with E-state index in [2.05, 4.69) is 20.0 Å². The highest BCUT2D eigenvalue weighted by molar-refractivity contribution is 7.90. The molecule has 0 radical (unpaired) electrons. The van der Waals surface area contributed by atoms with Gasteiger partial charge in [-0.1, -0.05) is 0 Å². The van der Waals surface area contributed by atoms with Crippen molar-refractivity contribution in [2.75, 3.05) is 38.0 Å². The molecule has 1 saturated heterocycles. The lowest BCUT2D eigenvalue weighted by Gasteiger charge is -2.26. The Labute approximate surface area is 112 Å². The third-order valence-corrected chi connectivity index (χ3v) is 4.16. The Morgan fingerprint density at radius 2 is 2.05 bits per heavy atom. The molecule has 2 N–H and O–H groups in total. The zero-order chi connectivity index (χ0) is 13.9. The van der Waals surface area contributed by atoms with Crippen molar-refractivity contribution in [2.24, 2.45) is 0 Å². The Morgan fingerprint density at radius 3 is 2.68 bits per heavy atom. The average molecular weight is 287 g/mol. The van der Waals surface area contributed by atoms with Crippen molar-refractivity contribution in [1.29, 1.82) is 0 Å². The molecule has 9 heteroatoms. The van der Waals surface area contributed by atoms with Crippen molar-refractivity contribution < 1.29 is 13.2 Å². The quantitative estimate of drug-likeness (QED) is 0.764. The van der Waals surface area contributed by atoms with Gasteiger partial charge >= 0.3 is 10.2 Å². The predicted octanol–water partition coefficient (Wildman–Crippen LogP) is -0.644. The van der Waals surface area contributed by atoms with Gasteiger partial charge in [0.25, 0.3) is 0 Å². The van der Waals surface area contributed by atoms with Crippen molar-refractivity contribution >= 4 is 16.2 Å². The first-order chi connectivity index (χ1) is 9.01. The smallest absolute Gasteiger partial charge is 0.304 e. The maximum absolute atomic E-state index is 12.1. The van der Waals surface area contributed by atoms with Crippen LogP contribution >= 0.6 is 0 Å². The van der Waals surface area contributed by atoms with Crippen molar-refractivity contribution in [3.63, 3.8) is 0 Å². The van der Waals surface area contributed by atoms with Crippen LogP contribution in [0.5, 0.6) is 5.88 Å². The molecule has 0 unspecified atom stereocenters. The molecule has 1 aliphatic rings. The highest BCUT2D eigenvalue weighted by atomic mass is 32.2. The van der Waals surface area contributed by atoms with Crippen LogP contribution in [0.15, 0.2) is 6.07 Å². The molecule has 0 spiro atoms. The molecule has 0 atom stereocenters. The second-order valence-electron chi connectivity index (χ2n) is 4.13. The van der Waals surface area contributed by atoms with Gasteiger partial charge in [0.1, 0.15) is 0 Å². The van der Waals surface area contributed by atoms with Crippen LogP contribution in [0.4, 0.5) is 5.95 Å². The monoisotopic (exact) mass is 287 g/mol. The van der Waals surface area contributed by atoms with Gasteiger partial charge in [-0.25, -0.2) is 9.71 Å². The van der Waals surface area contributed by atoms with E-state index >= 15 is 0 Å². The SMILES string of the molecule is COc1cc(C)nc(NS(=O)(=O)N2CCNCC2)n1. The Morgan fingerprint density at radius 1 is 1.37 bits per heavy atom. The van der Waals surface area contributed by atoms with Gasteiger partial charge in [-0.15, -0.1) is 0 Å². The number of rotatable bonds is 4. The number of aryl methyl sites for hydroxylation is 1. The average Bonchev–Trinajstić information content (AvgIpc) is 2.38. The van der Waals surface area contributed by atoms with Gasteiger partial charge in [-0.3, -0.25) is 0 Å². The van der Waals surface area contributed by atoms with Gasteiger partial charge in [-0.05, 0) is 6.92 Å². The summed E-state index contributed by atoms with van der Waals surface area (Å²) in [6, 6.07) is 1.63. The largest absolute Gasteiger partial charge is 0.481 e. The number of hydrogen-bond donors (Lipinski definition) is 2. The second-order valence-corrected chi connectivity index (χ2v) is 5.80. The summed E-state index contributed by atoms with van der Waals surface area (Å²) in [7, 11) is -2.15. The maximum Gasteiger partial charge on any atom is 0.304 e. The molecular formula is C10H17N5O3S. The first-order valence-electron chi connectivity index (χ1n) is 5.89. The van der Waals surface area contributed by atoms with Crippen molar-refractivity contribution in [2.45, 2.75) is 6.92 Å². The minimum Gasteiger partial charge on any atom is -0.481 e. The number of hydrogen-bond acceptors (Lipinski definition) is 6. The number of ether oxygens (including phenoxy) is 1. The zero-order valence-electron chi connectivity index (χ0n) is 10.9. The molecule has 1 aromatic rings. The van der Waals surface area contributed by atoms with Crippen LogP contribution in [-0.4, -0.2) is 56.0 Å². The summed E-state index contributed by atoms with van der Waals surface area (Å²) in [4.78, 5) is 8.00. The lowest BCUT2D eigenvalue weighted by molar-refractivity contribution is 0.362. The van der Waals surface area contributed by atoms with Gasteiger partial charge in [0.15, 0.2) is 0 Å². The van der Waals surface area contributed by atoms with Crippen molar-refractivity contribution in [3.05, 3.63) is 11.8 Å². The first-order valence-corrected chi connectivity index (χ1v) is 7.33. The molecule has 0 bridgehead atoms. The molecule has 1 aliphatic heterocycles. The number of aromatic nitrogens is 2. The summed E-state index contributed by atoms with van der Waals surface area (Å²) in [6.07, 6.45) is 0. The predicted molar refractivity (Wildman–Crippen MR) is 70.3 cm³/mol. The fraction of sp³-hybridized carbons (Fsp3) is 0.600. The van der Waals surface area contributed by atoms with E-state index in [1.54, 1.807) is 13.0 Å². The van der Waals surface area contributed by atoms with Crippen molar-refractivity contribution in [3.8, 4) is 5.88 Å². The Kier molecular flexibility index (Phi) is 4.17. The zero-order valence-corrected chi connectivity index (χ0v) is 11.7. The standard InChI is InChI=1S/C10H17N5O3S/c1-8-7-9(18-2)13-10(12-8)14-19(16,17)15-5-3-11-4-6-15/h7,11H,3-6H2,1-2H3,(H,12,13,14). The van der Waals surface area contributed by atoms with Gasteiger partial charge in [0, 0.05) is 37.9 Å². The molecule has 0 aromatic carbocycles. The lowest BCUT2D eigenvalue weighted by atomic mass is 10.4. The van der Waals surface area contributed by atoms with E-state index in [1.165, 1.54) is 11.4 Å². The number of nitrogens with one attached hydrogen (secondary N) is 2. The maximum atomic E-state index is 12.1. The van der Waals surface area contributed by atoms with E-state index in [9.17, 15) is 8.42 Å². The molecule has 106 valence electrons. The Balaban J connectivity index is 2.17. The van der Waals surface area contributed by atoms with Gasteiger partial charge < -0.3 is 10.1 Å². The van der Waals surface area contributed by atoms with Crippen LogP contribution < -0.4 is 14.8 Å². The summed E-state index contributed by atoms with van der Waals surface area (Å²) >= 11 is 0. The number of anilines is 1. The molecule has 19 heavy (non-hydrogen) atoms. The molecule has 0 amide bonds. The van der Waals surface area contributed by atoms with Crippen LogP contribution in [0.25, 0.3) is 0 Å². The molecule has 0 aliphatic carbocycles. The molecule has 1 aromatic heterocycles. The van der Waals surface area contributed by atoms with Gasteiger partial charge in [-0.2, -0.15) is 17.7 Å². The number of methoxy groups -OCH3 is 1. The fourth-order valence-corrected chi connectivity index (χ4v) is 2.87. The van der Waals surface area contributed by atoms with Crippen LogP contribution in [0.3, 0.4) is 0 Å². The highest BCUT2D eigenvalue weighted by Crippen LogP contribution is 2.13. The van der Waals surface area contributed by atoms with E-state index in [0.717, 1.165) is 0 Å².